The first-order chi connectivity index (χ1) is 8.67. The summed E-state index contributed by atoms with van der Waals surface area (Å²) < 4.78 is 5.00. The molecule has 2 heterocycles. The summed E-state index contributed by atoms with van der Waals surface area (Å²) in [6.45, 7) is 1.90. The second-order valence-electron chi connectivity index (χ2n) is 3.80. The van der Waals surface area contributed by atoms with Gasteiger partial charge < -0.3 is 4.42 Å². The van der Waals surface area contributed by atoms with Gasteiger partial charge in [0.1, 0.15) is 0 Å². The van der Waals surface area contributed by atoms with Crippen molar-refractivity contribution < 1.29 is 9.21 Å². The maximum absolute atomic E-state index is 11.1. The molecule has 0 unspecified atom stereocenters. The minimum atomic E-state index is -0.481. The SMILES string of the molecule is Cc1sc(C=O)nc1-c1ccc2[nH]c(=O)oc2c1. The largest absolute Gasteiger partial charge is 0.417 e. The molecule has 6 heteroatoms. The normalized spacial score (nSPS) is 10.9. The van der Waals surface area contributed by atoms with Gasteiger partial charge in [0.15, 0.2) is 16.9 Å². The Labute approximate surface area is 105 Å². The number of hydrogen-bond acceptors (Lipinski definition) is 5. The van der Waals surface area contributed by atoms with Crippen LogP contribution in [0, 0.1) is 6.92 Å². The molecule has 5 nitrogen and oxygen atoms in total. The van der Waals surface area contributed by atoms with E-state index in [0.29, 0.717) is 16.1 Å². The van der Waals surface area contributed by atoms with E-state index in [0.717, 1.165) is 22.4 Å². The molecule has 0 spiro atoms. The first-order valence-electron chi connectivity index (χ1n) is 5.23. The minimum Gasteiger partial charge on any atom is -0.408 e. The van der Waals surface area contributed by atoms with Gasteiger partial charge in [-0.05, 0) is 19.1 Å². The van der Waals surface area contributed by atoms with E-state index in [1.165, 1.54) is 11.3 Å². The van der Waals surface area contributed by atoms with Crippen molar-refractivity contribution >= 4 is 28.7 Å². The maximum Gasteiger partial charge on any atom is 0.417 e. The number of nitrogens with one attached hydrogen (secondary N) is 1. The Morgan fingerprint density at radius 3 is 3.00 bits per heavy atom. The average molecular weight is 260 g/mol. The number of H-pyrrole nitrogens is 1. The quantitative estimate of drug-likeness (QED) is 0.718. The zero-order valence-electron chi connectivity index (χ0n) is 9.39. The Morgan fingerprint density at radius 1 is 1.44 bits per heavy atom. The lowest BCUT2D eigenvalue weighted by Gasteiger charge is -1.97. The number of aryl methyl sites for hydroxylation is 1. The fourth-order valence-electron chi connectivity index (χ4n) is 1.83. The third-order valence-corrected chi connectivity index (χ3v) is 3.50. The number of carbonyl (C=O) groups is 1. The second kappa shape index (κ2) is 3.92. The first-order valence-corrected chi connectivity index (χ1v) is 6.05. The van der Waals surface area contributed by atoms with Gasteiger partial charge in [0.25, 0.3) is 0 Å². The van der Waals surface area contributed by atoms with Crippen molar-refractivity contribution in [2.24, 2.45) is 0 Å². The summed E-state index contributed by atoms with van der Waals surface area (Å²) in [4.78, 5) is 29.5. The Balaban J connectivity index is 2.20. The summed E-state index contributed by atoms with van der Waals surface area (Å²) in [5.41, 5.74) is 2.70. The summed E-state index contributed by atoms with van der Waals surface area (Å²) in [6, 6.07) is 5.34. The third kappa shape index (κ3) is 1.67. The van der Waals surface area contributed by atoms with E-state index in [9.17, 15) is 9.59 Å². The smallest absolute Gasteiger partial charge is 0.408 e. The van der Waals surface area contributed by atoms with Crippen LogP contribution in [0.2, 0.25) is 0 Å². The van der Waals surface area contributed by atoms with Gasteiger partial charge in [0, 0.05) is 10.4 Å². The first kappa shape index (κ1) is 10.9. The molecule has 0 aliphatic heterocycles. The Hall–Kier alpha value is -2.21. The number of oxazole rings is 1. The molecule has 0 radical (unpaired) electrons. The molecule has 0 bridgehead atoms. The Bertz CT molecular complexity index is 797. The number of rotatable bonds is 2. The number of benzene rings is 1. The van der Waals surface area contributed by atoms with Gasteiger partial charge in [-0.3, -0.25) is 9.78 Å². The van der Waals surface area contributed by atoms with E-state index in [1.807, 2.05) is 13.0 Å². The molecule has 3 aromatic rings. The highest BCUT2D eigenvalue weighted by molar-refractivity contribution is 7.13. The van der Waals surface area contributed by atoms with Crippen LogP contribution in [0.5, 0.6) is 0 Å². The van der Waals surface area contributed by atoms with Crippen LogP contribution in [0.3, 0.4) is 0 Å². The molecule has 0 amide bonds. The van der Waals surface area contributed by atoms with Crippen molar-refractivity contribution in [3.63, 3.8) is 0 Å². The van der Waals surface area contributed by atoms with Crippen LogP contribution < -0.4 is 5.76 Å². The van der Waals surface area contributed by atoms with Crippen molar-refractivity contribution in [1.82, 2.24) is 9.97 Å². The molecule has 0 saturated heterocycles. The summed E-state index contributed by atoms with van der Waals surface area (Å²) in [7, 11) is 0. The fraction of sp³-hybridized carbons (Fsp3) is 0.0833. The van der Waals surface area contributed by atoms with E-state index in [2.05, 4.69) is 9.97 Å². The lowest BCUT2D eigenvalue weighted by Crippen LogP contribution is -1.92. The number of nitrogens with zero attached hydrogens (tertiary/aromatic N) is 1. The van der Waals surface area contributed by atoms with Gasteiger partial charge in [-0.15, -0.1) is 11.3 Å². The van der Waals surface area contributed by atoms with Crippen LogP contribution >= 0.6 is 11.3 Å². The average Bonchev–Trinajstić information content (AvgIpc) is 2.89. The monoisotopic (exact) mass is 260 g/mol. The standard InChI is InChI=1S/C12H8N2O3S/c1-6-11(14-10(5-15)18-6)7-2-3-8-9(4-7)17-12(16)13-8/h2-5H,1H3,(H,13,16). The number of aldehydes is 1. The lowest BCUT2D eigenvalue weighted by atomic mass is 10.1. The van der Waals surface area contributed by atoms with Gasteiger partial charge in [-0.2, -0.15) is 0 Å². The molecule has 1 N–H and O–H groups in total. The van der Waals surface area contributed by atoms with Crippen LogP contribution in [0.15, 0.2) is 27.4 Å². The van der Waals surface area contributed by atoms with E-state index in [4.69, 9.17) is 4.42 Å². The van der Waals surface area contributed by atoms with Crippen molar-refractivity contribution in [3.8, 4) is 11.3 Å². The van der Waals surface area contributed by atoms with Crippen LogP contribution in [-0.4, -0.2) is 16.3 Å². The molecule has 0 atom stereocenters. The molecule has 0 saturated carbocycles. The van der Waals surface area contributed by atoms with Crippen LogP contribution in [0.4, 0.5) is 0 Å². The summed E-state index contributed by atoms with van der Waals surface area (Å²) in [5.74, 6) is -0.481. The molecule has 18 heavy (non-hydrogen) atoms. The van der Waals surface area contributed by atoms with Crippen LogP contribution in [0.1, 0.15) is 14.7 Å². The molecule has 0 fully saturated rings. The number of hydrogen-bond donors (Lipinski definition) is 1. The molecular formula is C12H8N2O3S. The molecule has 0 aliphatic carbocycles. The summed E-state index contributed by atoms with van der Waals surface area (Å²) in [6.07, 6.45) is 0.732. The van der Waals surface area contributed by atoms with Crippen LogP contribution in [-0.2, 0) is 0 Å². The lowest BCUT2D eigenvalue weighted by molar-refractivity contribution is 0.112. The zero-order valence-corrected chi connectivity index (χ0v) is 10.2. The van der Waals surface area contributed by atoms with E-state index in [1.54, 1.807) is 12.1 Å². The van der Waals surface area contributed by atoms with Crippen molar-refractivity contribution in [2.75, 3.05) is 0 Å². The van der Waals surface area contributed by atoms with Gasteiger partial charge >= 0.3 is 5.76 Å². The summed E-state index contributed by atoms with van der Waals surface area (Å²) in [5, 5.41) is 0.443. The minimum absolute atomic E-state index is 0.443. The van der Waals surface area contributed by atoms with Crippen molar-refractivity contribution in [1.29, 1.82) is 0 Å². The Morgan fingerprint density at radius 2 is 2.28 bits per heavy atom. The van der Waals surface area contributed by atoms with Gasteiger partial charge in [-0.1, -0.05) is 6.07 Å². The third-order valence-electron chi connectivity index (χ3n) is 2.61. The number of thiazole rings is 1. The zero-order chi connectivity index (χ0) is 12.7. The molecule has 1 aromatic carbocycles. The highest BCUT2D eigenvalue weighted by atomic mass is 32.1. The number of aromatic amines is 1. The predicted molar refractivity (Wildman–Crippen MR) is 68.1 cm³/mol. The maximum atomic E-state index is 11.1. The second-order valence-corrected chi connectivity index (χ2v) is 5.03. The van der Waals surface area contributed by atoms with E-state index in [-0.39, 0.29) is 0 Å². The highest BCUT2D eigenvalue weighted by Gasteiger charge is 2.11. The van der Waals surface area contributed by atoms with E-state index < -0.39 is 5.76 Å². The Kier molecular flexibility index (Phi) is 2.38. The molecular weight excluding hydrogens is 252 g/mol. The molecule has 3 rings (SSSR count). The van der Waals surface area contributed by atoms with Crippen LogP contribution in [0.25, 0.3) is 22.4 Å². The number of carbonyl (C=O) groups excluding carboxylic acids is 1. The molecule has 2 aromatic heterocycles. The van der Waals surface area contributed by atoms with Crippen molar-refractivity contribution in [3.05, 3.63) is 38.6 Å². The van der Waals surface area contributed by atoms with Gasteiger partial charge in [0.05, 0.1) is 11.2 Å². The van der Waals surface area contributed by atoms with Gasteiger partial charge in [0.2, 0.25) is 0 Å². The highest BCUT2D eigenvalue weighted by Crippen LogP contribution is 2.28. The topological polar surface area (TPSA) is 76.0 Å². The van der Waals surface area contributed by atoms with Crippen molar-refractivity contribution in [2.45, 2.75) is 6.92 Å². The number of aromatic nitrogens is 2. The van der Waals surface area contributed by atoms with Gasteiger partial charge in [-0.25, -0.2) is 9.78 Å². The summed E-state index contributed by atoms with van der Waals surface area (Å²) >= 11 is 1.34. The molecule has 90 valence electrons. The molecule has 0 aliphatic rings. The fourth-order valence-corrected chi connectivity index (χ4v) is 2.59. The number of fused-ring (bicyclic) bond motifs is 1. The van der Waals surface area contributed by atoms with E-state index >= 15 is 0 Å². The predicted octanol–water partition coefficient (Wildman–Crippen LogP) is 2.37.